The molecule has 6 heteroatoms. The number of halogens is 1. The zero-order valence-corrected chi connectivity index (χ0v) is 14.3. The van der Waals surface area contributed by atoms with E-state index in [2.05, 4.69) is 15.5 Å². The number of carbonyl (C=O) groups is 1. The first-order valence-corrected chi connectivity index (χ1v) is 8.11. The molecule has 0 saturated carbocycles. The van der Waals surface area contributed by atoms with Crippen molar-refractivity contribution in [3.8, 4) is 5.75 Å². The van der Waals surface area contributed by atoms with Crippen LogP contribution in [0.25, 0.3) is 10.9 Å². The lowest BCUT2D eigenvalue weighted by atomic mass is 10.2. The Morgan fingerprint density at radius 1 is 1.20 bits per heavy atom. The van der Waals surface area contributed by atoms with E-state index in [4.69, 9.17) is 16.3 Å². The van der Waals surface area contributed by atoms with E-state index in [1.165, 1.54) is 6.21 Å². The Morgan fingerprint density at radius 3 is 2.84 bits per heavy atom. The molecule has 1 N–H and O–H groups in total. The predicted molar refractivity (Wildman–Crippen MR) is 99.0 cm³/mol. The first kappa shape index (κ1) is 16.9. The van der Waals surface area contributed by atoms with Crippen molar-refractivity contribution in [1.29, 1.82) is 0 Å². The van der Waals surface area contributed by atoms with Gasteiger partial charge in [-0.25, -0.2) is 5.43 Å². The van der Waals surface area contributed by atoms with Crippen LogP contribution in [0.3, 0.4) is 0 Å². The summed E-state index contributed by atoms with van der Waals surface area (Å²) in [6, 6.07) is 16.6. The van der Waals surface area contributed by atoms with Gasteiger partial charge in [-0.15, -0.1) is 0 Å². The fourth-order valence-corrected chi connectivity index (χ4v) is 2.44. The molecule has 1 heterocycles. The minimum atomic E-state index is -0.726. The molecule has 25 heavy (non-hydrogen) atoms. The number of nitrogens with zero attached hydrogens (tertiary/aromatic N) is 2. The van der Waals surface area contributed by atoms with Crippen LogP contribution >= 0.6 is 11.6 Å². The molecule has 0 aliphatic heterocycles. The fourth-order valence-electron chi connectivity index (χ4n) is 2.25. The molecule has 3 rings (SSSR count). The number of aromatic nitrogens is 1. The van der Waals surface area contributed by atoms with Gasteiger partial charge < -0.3 is 4.74 Å². The topological polar surface area (TPSA) is 63.6 Å². The molecule has 0 aliphatic rings. The number of pyridine rings is 1. The molecule has 0 bridgehead atoms. The summed E-state index contributed by atoms with van der Waals surface area (Å²) in [6.45, 7) is 1.65. The molecule has 0 aliphatic carbocycles. The number of benzene rings is 2. The van der Waals surface area contributed by atoms with E-state index >= 15 is 0 Å². The number of fused-ring (bicyclic) bond motifs is 1. The van der Waals surface area contributed by atoms with Gasteiger partial charge in [0.05, 0.1) is 6.21 Å². The third kappa shape index (κ3) is 4.14. The van der Waals surface area contributed by atoms with Crippen molar-refractivity contribution in [2.75, 3.05) is 0 Å². The lowest BCUT2D eigenvalue weighted by Gasteiger charge is -2.14. The number of hydrogen-bond acceptors (Lipinski definition) is 4. The van der Waals surface area contributed by atoms with Crippen molar-refractivity contribution < 1.29 is 9.53 Å². The largest absolute Gasteiger partial charge is 0.479 e. The summed E-state index contributed by atoms with van der Waals surface area (Å²) in [5.41, 5.74) is 3.88. The number of nitrogens with one attached hydrogen (secondary N) is 1. The molecule has 1 unspecified atom stereocenters. The minimum absolute atomic E-state index is 0.365. The average molecular weight is 354 g/mol. The Morgan fingerprint density at radius 2 is 2.00 bits per heavy atom. The molecule has 0 radical (unpaired) electrons. The van der Waals surface area contributed by atoms with Crippen molar-refractivity contribution in [2.45, 2.75) is 13.0 Å². The summed E-state index contributed by atoms with van der Waals surface area (Å²) in [5, 5.41) is 5.43. The highest BCUT2D eigenvalue weighted by Gasteiger charge is 2.15. The van der Waals surface area contributed by atoms with Crippen molar-refractivity contribution in [3.05, 3.63) is 71.4 Å². The van der Waals surface area contributed by atoms with Crippen LogP contribution in [-0.2, 0) is 4.79 Å². The van der Waals surface area contributed by atoms with Crippen molar-refractivity contribution in [3.63, 3.8) is 0 Å². The average Bonchev–Trinajstić information content (AvgIpc) is 2.63. The summed E-state index contributed by atoms with van der Waals surface area (Å²) < 4.78 is 5.74. The van der Waals surface area contributed by atoms with Gasteiger partial charge >= 0.3 is 0 Å². The number of hydrogen-bond donors (Lipinski definition) is 1. The first-order valence-electron chi connectivity index (χ1n) is 7.73. The Kier molecular flexibility index (Phi) is 5.26. The van der Waals surface area contributed by atoms with E-state index in [-0.39, 0.29) is 5.91 Å². The highest BCUT2D eigenvalue weighted by molar-refractivity contribution is 6.33. The van der Waals surface area contributed by atoms with E-state index in [0.29, 0.717) is 16.3 Å². The lowest BCUT2D eigenvalue weighted by Crippen LogP contribution is -2.33. The van der Waals surface area contributed by atoms with E-state index in [1.54, 1.807) is 31.3 Å². The molecule has 1 amide bonds. The number of para-hydroxylation sites is 1. The molecule has 126 valence electrons. The molecular weight excluding hydrogens is 338 g/mol. The molecule has 0 spiro atoms. The second-order valence-corrected chi connectivity index (χ2v) is 5.75. The number of rotatable bonds is 5. The quantitative estimate of drug-likeness (QED) is 0.560. The summed E-state index contributed by atoms with van der Waals surface area (Å²) in [4.78, 5) is 16.5. The normalized spacial score (nSPS) is 12.2. The van der Waals surface area contributed by atoms with Crippen LogP contribution in [0.2, 0.25) is 5.02 Å². The standard InChI is InChI=1S/C19H16ClN3O2/c1-13(19(24)23-22-12-15-6-2-3-9-16(15)20)25-17-10-4-7-14-8-5-11-21-18(14)17/h2-13H,1H3,(H,23,24). The maximum Gasteiger partial charge on any atom is 0.280 e. The number of amides is 1. The van der Waals surface area contributed by atoms with E-state index in [9.17, 15) is 4.79 Å². The van der Waals surface area contributed by atoms with Crippen LogP contribution in [-0.4, -0.2) is 23.2 Å². The fraction of sp³-hybridized carbons (Fsp3) is 0.105. The Bertz CT molecular complexity index is 922. The van der Waals surface area contributed by atoms with Crippen LogP contribution in [0.15, 0.2) is 65.9 Å². The van der Waals surface area contributed by atoms with Crippen LogP contribution in [0.1, 0.15) is 12.5 Å². The monoisotopic (exact) mass is 353 g/mol. The Hall–Kier alpha value is -2.92. The smallest absolute Gasteiger partial charge is 0.280 e. The zero-order valence-electron chi connectivity index (χ0n) is 13.5. The molecular formula is C19H16ClN3O2. The van der Waals surface area contributed by atoms with Gasteiger partial charge in [-0.1, -0.05) is 48.0 Å². The Labute approximate surface area is 150 Å². The van der Waals surface area contributed by atoms with Crippen molar-refractivity contribution in [2.24, 2.45) is 5.10 Å². The summed E-state index contributed by atoms with van der Waals surface area (Å²) in [5.74, 6) is 0.187. The first-order chi connectivity index (χ1) is 12.1. The van der Waals surface area contributed by atoms with Gasteiger partial charge in [-0.3, -0.25) is 9.78 Å². The lowest BCUT2D eigenvalue weighted by molar-refractivity contribution is -0.127. The highest BCUT2D eigenvalue weighted by Crippen LogP contribution is 2.23. The molecule has 5 nitrogen and oxygen atoms in total. The van der Waals surface area contributed by atoms with E-state index in [0.717, 1.165) is 10.9 Å². The molecule has 3 aromatic rings. The minimum Gasteiger partial charge on any atom is -0.479 e. The predicted octanol–water partition coefficient (Wildman–Crippen LogP) is 3.81. The Balaban J connectivity index is 1.65. The van der Waals surface area contributed by atoms with Gasteiger partial charge in [0, 0.05) is 22.2 Å². The third-order valence-electron chi connectivity index (χ3n) is 3.55. The number of ether oxygens (including phenoxy) is 1. The van der Waals surface area contributed by atoms with E-state index in [1.807, 2.05) is 36.4 Å². The van der Waals surface area contributed by atoms with Gasteiger partial charge in [0.2, 0.25) is 0 Å². The maximum atomic E-state index is 12.2. The maximum absolute atomic E-state index is 12.2. The summed E-state index contributed by atoms with van der Waals surface area (Å²) in [7, 11) is 0. The SMILES string of the molecule is CC(Oc1cccc2cccnc12)C(=O)NN=Cc1ccccc1Cl. The van der Waals surface area contributed by atoms with Crippen LogP contribution in [0, 0.1) is 0 Å². The molecule has 2 aromatic carbocycles. The van der Waals surface area contributed by atoms with Gasteiger partial charge in [0.1, 0.15) is 11.3 Å². The van der Waals surface area contributed by atoms with Crippen LogP contribution < -0.4 is 10.2 Å². The number of carbonyl (C=O) groups excluding carboxylic acids is 1. The third-order valence-corrected chi connectivity index (χ3v) is 3.90. The second-order valence-electron chi connectivity index (χ2n) is 5.35. The highest BCUT2D eigenvalue weighted by atomic mass is 35.5. The van der Waals surface area contributed by atoms with Gasteiger partial charge in [0.15, 0.2) is 6.10 Å². The van der Waals surface area contributed by atoms with Gasteiger partial charge in [-0.2, -0.15) is 5.10 Å². The van der Waals surface area contributed by atoms with Gasteiger partial charge in [-0.05, 0) is 25.1 Å². The molecule has 0 fully saturated rings. The molecule has 1 aromatic heterocycles. The molecule has 1 atom stereocenters. The summed E-state index contributed by atoms with van der Waals surface area (Å²) >= 11 is 6.03. The summed E-state index contributed by atoms with van der Waals surface area (Å²) in [6.07, 6.45) is 2.45. The van der Waals surface area contributed by atoms with Gasteiger partial charge in [0.25, 0.3) is 5.91 Å². The van der Waals surface area contributed by atoms with Crippen LogP contribution in [0.5, 0.6) is 5.75 Å². The van der Waals surface area contributed by atoms with E-state index < -0.39 is 6.10 Å². The molecule has 0 saturated heterocycles. The van der Waals surface area contributed by atoms with Crippen molar-refractivity contribution in [1.82, 2.24) is 10.4 Å². The van der Waals surface area contributed by atoms with Crippen molar-refractivity contribution >= 4 is 34.6 Å². The number of hydrazone groups is 1. The zero-order chi connectivity index (χ0) is 17.6. The second kappa shape index (κ2) is 7.77. The van der Waals surface area contributed by atoms with Crippen LogP contribution in [0.4, 0.5) is 0 Å².